The molecule has 0 amide bonds. The fourth-order valence-electron chi connectivity index (χ4n) is 3.31. The zero-order valence-electron chi connectivity index (χ0n) is 12.9. The van der Waals surface area contributed by atoms with E-state index in [1.807, 2.05) is 12.1 Å². The third-order valence-corrected chi connectivity index (χ3v) is 5.32. The van der Waals surface area contributed by atoms with Gasteiger partial charge in [0.2, 0.25) is 0 Å². The lowest BCUT2D eigenvalue weighted by Gasteiger charge is -2.22. The smallest absolute Gasteiger partial charge is 0.119 e. The molecule has 118 valence electrons. The number of hydrogen-bond donors (Lipinski definition) is 2. The van der Waals surface area contributed by atoms with Crippen molar-refractivity contribution in [1.82, 2.24) is 5.43 Å². The van der Waals surface area contributed by atoms with Crippen LogP contribution in [0, 0.1) is 5.92 Å². The zero-order valence-corrected chi connectivity index (χ0v) is 14.5. The number of methoxy groups -OCH3 is 1. The molecule has 0 aliphatic heterocycles. The van der Waals surface area contributed by atoms with Gasteiger partial charge in [0.25, 0.3) is 0 Å². The molecule has 0 spiro atoms. The van der Waals surface area contributed by atoms with Crippen molar-refractivity contribution in [2.75, 3.05) is 7.11 Å². The van der Waals surface area contributed by atoms with Gasteiger partial charge in [-0.3, -0.25) is 11.3 Å². The van der Waals surface area contributed by atoms with Crippen LogP contribution >= 0.6 is 15.9 Å². The minimum atomic E-state index is 0.330. The number of halogens is 1. The first kappa shape index (κ1) is 16.8. The van der Waals surface area contributed by atoms with E-state index in [4.69, 9.17) is 10.6 Å². The zero-order chi connectivity index (χ0) is 15.1. The van der Waals surface area contributed by atoms with E-state index in [9.17, 15) is 0 Å². The summed E-state index contributed by atoms with van der Waals surface area (Å²) in [6, 6.07) is 6.45. The lowest BCUT2D eigenvalue weighted by atomic mass is 9.90. The predicted octanol–water partition coefficient (Wildman–Crippen LogP) is 4.19. The van der Waals surface area contributed by atoms with Crippen molar-refractivity contribution < 1.29 is 4.74 Å². The second kappa shape index (κ2) is 8.76. The van der Waals surface area contributed by atoms with Crippen LogP contribution in [-0.4, -0.2) is 13.2 Å². The molecule has 0 aromatic heterocycles. The molecular formula is C17H27BrN2O. The normalized spacial score (nSPS) is 18.2. The first-order chi connectivity index (χ1) is 10.2. The number of hydrazine groups is 1. The molecule has 3 N–H and O–H groups in total. The largest absolute Gasteiger partial charge is 0.497 e. The average molecular weight is 355 g/mol. The van der Waals surface area contributed by atoms with Gasteiger partial charge in [-0.15, -0.1) is 0 Å². The molecule has 1 aromatic rings. The highest BCUT2D eigenvalue weighted by molar-refractivity contribution is 9.10. The number of benzene rings is 1. The molecule has 4 heteroatoms. The Kier molecular flexibility index (Phi) is 7.00. The summed E-state index contributed by atoms with van der Waals surface area (Å²) in [5, 5.41) is 0. The molecule has 1 aliphatic rings. The Morgan fingerprint density at radius 3 is 2.62 bits per heavy atom. The molecular weight excluding hydrogens is 328 g/mol. The van der Waals surface area contributed by atoms with E-state index in [0.29, 0.717) is 6.04 Å². The molecule has 0 radical (unpaired) electrons. The number of nitrogens with one attached hydrogen (secondary N) is 1. The molecule has 1 fully saturated rings. The first-order valence-corrected chi connectivity index (χ1v) is 8.80. The van der Waals surface area contributed by atoms with Crippen LogP contribution in [-0.2, 0) is 6.42 Å². The number of rotatable bonds is 6. The summed E-state index contributed by atoms with van der Waals surface area (Å²) in [6.07, 6.45) is 10.4. The van der Waals surface area contributed by atoms with E-state index < -0.39 is 0 Å². The molecule has 1 aromatic carbocycles. The monoisotopic (exact) mass is 354 g/mol. The van der Waals surface area contributed by atoms with E-state index in [0.717, 1.165) is 22.6 Å². The second-order valence-corrected chi connectivity index (χ2v) is 6.97. The van der Waals surface area contributed by atoms with Gasteiger partial charge in [-0.2, -0.15) is 0 Å². The average Bonchev–Trinajstić information content (AvgIpc) is 2.77. The third kappa shape index (κ3) is 5.28. The molecule has 1 atom stereocenters. The van der Waals surface area contributed by atoms with Crippen molar-refractivity contribution in [2.24, 2.45) is 11.8 Å². The molecule has 3 nitrogen and oxygen atoms in total. The van der Waals surface area contributed by atoms with Gasteiger partial charge in [0.15, 0.2) is 0 Å². The van der Waals surface area contributed by atoms with Crippen LogP contribution in [0.2, 0.25) is 0 Å². The van der Waals surface area contributed by atoms with Crippen molar-refractivity contribution >= 4 is 15.9 Å². The Balaban J connectivity index is 1.97. The van der Waals surface area contributed by atoms with Gasteiger partial charge < -0.3 is 4.74 Å². The summed E-state index contributed by atoms with van der Waals surface area (Å²) in [4.78, 5) is 0. The predicted molar refractivity (Wildman–Crippen MR) is 91.3 cm³/mol. The maximum absolute atomic E-state index is 5.80. The van der Waals surface area contributed by atoms with Crippen molar-refractivity contribution in [1.29, 1.82) is 0 Å². The van der Waals surface area contributed by atoms with Gasteiger partial charge in [-0.25, -0.2) is 0 Å². The van der Waals surface area contributed by atoms with E-state index >= 15 is 0 Å². The molecule has 0 heterocycles. The van der Waals surface area contributed by atoms with Crippen LogP contribution < -0.4 is 16.0 Å². The maximum atomic E-state index is 5.80. The van der Waals surface area contributed by atoms with Gasteiger partial charge >= 0.3 is 0 Å². The molecule has 1 saturated carbocycles. The third-order valence-electron chi connectivity index (χ3n) is 4.55. The molecule has 0 saturated heterocycles. The second-order valence-electron chi connectivity index (χ2n) is 6.12. The van der Waals surface area contributed by atoms with Crippen LogP contribution in [0.5, 0.6) is 5.75 Å². The fourth-order valence-corrected chi connectivity index (χ4v) is 3.72. The van der Waals surface area contributed by atoms with E-state index in [-0.39, 0.29) is 0 Å². The quantitative estimate of drug-likeness (QED) is 0.457. The van der Waals surface area contributed by atoms with Crippen LogP contribution in [0.25, 0.3) is 0 Å². The van der Waals surface area contributed by atoms with Crippen LogP contribution in [0.4, 0.5) is 0 Å². The van der Waals surface area contributed by atoms with E-state index in [1.165, 1.54) is 50.5 Å². The molecule has 1 aliphatic carbocycles. The Labute approximate surface area is 136 Å². The highest BCUT2D eigenvalue weighted by Gasteiger charge is 2.18. The summed E-state index contributed by atoms with van der Waals surface area (Å²) in [5.74, 6) is 7.52. The Morgan fingerprint density at radius 1 is 1.29 bits per heavy atom. The van der Waals surface area contributed by atoms with E-state index in [1.54, 1.807) is 7.11 Å². The number of nitrogens with two attached hydrogens (primary N) is 1. The maximum Gasteiger partial charge on any atom is 0.119 e. The number of hydrogen-bond acceptors (Lipinski definition) is 3. The van der Waals surface area contributed by atoms with Crippen molar-refractivity contribution in [3.63, 3.8) is 0 Å². The highest BCUT2D eigenvalue weighted by Crippen LogP contribution is 2.29. The lowest BCUT2D eigenvalue weighted by Crippen LogP contribution is -2.38. The van der Waals surface area contributed by atoms with Crippen molar-refractivity contribution in [3.05, 3.63) is 28.2 Å². The van der Waals surface area contributed by atoms with Gasteiger partial charge in [-0.05, 0) is 42.5 Å². The SMILES string of the molecule is COc1ccc(Br)c(CC(CC2CCCCCC2)NN)c1. The topological polar surface area (TPSA) is 47.3 Å². The lowest BCUT2D eigenvalue weighted by molar-refractivity contribution is 0.351. The van der Waals surface area contributed by atoms with Crippen LogP contribution in [0.1, 0.15) is 50.5 Å². The minimum absolute atomic E-state index is 0.330. The Hall–Kier alpha value is -0.580. The minimum Gasteiger partial charge on any atom is -0.497 e. The van der Waals surface area contributed by atoms with Crippen molar-refractivity contribution in [2.45, 2.75) is 57.4 Å². The standard InChI is InChI=1S/C17H27BrN2O/c1-21-16-8-9-17(18)14(12-16)11-15(20-19)10-13-6-4-2-3-5-7-13/h8-9,12-13,15,20H,2-7,10-11,19H2,1H3. The van der Waals surface area contributed by atoms with Gasteiger partial charge in [0.05, 0.1) is 7.11 Å². The highest BCUT2D eigenvalue weighted by atomic mass is 79.9. The first-order valence-electron chi connectivity index (χ1n) is 8.01. The summed E-state index contributed by atoms with van der Waals surface area (Å²) in [7, 11) is 1.71. The van der Waals surface area contributed by atoms with Gasteiger partial charge in [0.1, 0.15) is 5.75 Å². The molecule has 21 heavy (non-hydrogen) atoms. The fraction of sp³-hybridized carbons (Fsp3) is 0.647. The van der Waals surface area contributed by atoms with Crippen molar-refractivity contribution in [3.8, 4) is 5.75 Å². The Morgan fingerprint density at radius 2 is 2.00 bits per heavy atom. The molecule has 2 rings (SSSR count). The Bertz CT molecular complexity index is 431. The van der Waals surface area contributed by atoms with E-state index in [2.05, 4.69) is 27.4 Å². The van der Waals surface area contributed by atoms with Crippen LogP contribution in [0.15, 0.2) is 22.7 Å². The van der Waals surface area contributed by atoms with Crippen LogP contribution in [0.3, 0.4) is 0 Å². The van der Waals surface area contributed by atoms with Gasteiger partial charge in [-0.1, -0.05) is 54.5 Å². The van der Waals surface area contributed by atoms with Gasteiger partial charge in [0, 0.05) is 10.5 Å². The molecule has 0 bridgehead atoms. The summed E-state index contributed by atoms with van der Waals surface area (Å²) >= 11 is 3.63. The summed E-state index contributed by atoms with van der Waals surface area (Å²) in [6.45, 7) is 0. The molecule has 1 unspecified atom stereocenters. The summed E-state index contributed by atoms with van der Waals surface area (Å²) in [5.41, 5.74) is 4.28. The summed E-state index contributed by atoms with van der Waals surface area (Å²) < 4.78 is 6.45. The number of ether oxygens (including phenoxy) is 1.